The van der Waals surface area contributed by atoms with Crippen LogP contribution in [-0.4, -0.2) is 44.9 Å². The van der Waals surface area contributed by atoms with Gasteiger partial charge in [-0.15, -0.1) is 0 Å². The Labute approximate surface area is 212 Å². The zero-order valence-electron chi connectivity index (χ0n) is 21.1. The number of fused-ring (bicyclic) bond motifs is 1. The van der Waals surface area contributed by atoms with Crippen molar-refractivity contribution in [1.82, 2.24) is 9.47 Å². The molecule has 1 unspecified atom stereocenters. The number of hydrogen-bond donors (Lipinski definition) is 1. The molecule has 0 amide bonds. The van der Waals surface area contributed by atoms with Crippen LogP contribution in [0.2, 0.25) is 0 Å². The van der Waals surface area contributed by atoms with Gasteiger partial charge in [0, 0.05) is 43.6 Å². The number of halogens is 4. The maximum atomic E-state index is 14.8. The summed E-state index contributed by atoms with van der Waals surface area (Å²) in [5.41, 5.74) is 1.13. The Morgan fingerprint density at radius 2 is 1.78 bits per heavy atom. The normalized spacial score (nSPS) is 17.6. The topological polar surface area (TPSA) is 67.1 Å². The summed E-state index contributed by atoms with van der Waals surface area (Å²) in [6.45, 7) is 8.64. The van der Waals surface area contributed by atoms with E-state index in [1.165, 1.54) is 16.7 Å². The molecular formula is C27H29F4N3O3. The van der Waals surface area contributed by atoms with E-state index in [2.05, 4.69) is 5.16 Å². The first-order valence-corrected chi connectivity index (χ1v) is 12.1. The third kappa shape index (κ3) is 5.07. The fourth-order valence-electron chi connectivity index (χ4n) is 4.64. The maximum absolute atomic E-state index is 14.8. The van der Waals surface area contributed by atoms with Crippen molar-refractivity contribution in [2.45, 2.75) is 58.7 Å². The SMILES string of the molecule is CCN(CCC1(C)CC(c2ccc(C(=O)O)cc2)=NO1)Cc1cn(C(C)C)c2c(F)c(F)c(F)c(F)c12. The molecule has 0 spiro atoms. The van der Waals surface area contributed by atoms with Crippen LogP contribution in [-0.2, 0) is 11.4 Å². The second kappa shape index (κ2) is 10.2. The van der Waals surface area contributed by atoms with Crippen LogP contribution in [0.1, 0.15) is 68.1 Å². The molecule has 10 heteroatoms. The van der Waals surface area contributed by atoms with Crippen molar-refractivity contribution >= 4 is 22.6 Å². The van der Waals surface area contributed by atoms with Crippen LogP contribution in [0, 0.1) is 23.3 Å². The molecule has 37 heavy (non-hydrogen) atoms. The summed E-state index contributed by atoms with van der Waals surface area (Å²) in [5, 5.41) is 13.0. The molecule has 0 bridgehead atoms. The molecule has 6 nitrogen and oxygen atoms in total. The minimum atomic E-state index is -1.82. The predicted molar refractivity (Wildman–Crippen MR) is 132 cm³/mol. The van der Waals surface area contributed by atoms with Crippen molar-refractivity contribution < 1.29 is 32.3 Å². The molecule has 1 aliphatic heterocycles. The van der Waals surface area contributed by atoms with Gasteiger partial charge in [-0.05, 0) is 50.6 Å². The number of rotatable bonds is 9. The lowest BCUT2D eigenvalue weighted by Gasteiger charge is -2.26. The molecule has 1 aliphatic rings. The summed E-state index contributed by atoms with van der Waals surface area (Å²) in [4.78, 5) is 18.8. The van der Waals surface area contributed by atoms with Gasteiger partial charge >= 0.3 is 5.97 Å². The lowest BCUT2D eigenvalue weighted by atomic mass is 9.92. The zero-order chi connectivity index (χ0) is 27.1. The van der Waals surface area contributed by atoms with Gasteiger partial charge in [-0.2, -0.15) is 0 Å². The molecule has 0 radical (unpaired) electrons. The summed E-state index contributed by atoms with van der Waals surface area (Å²) in [6.07, 6.45) is 2.62. The van der Waals surface area contributed by atoms with E-state index in [0.29, 0.717) is 37.2 Å². The number of aromatic nitrogens is 1. The fraction of sp³-hybridized carbons (Fsp3) is 0.407. The molecule has 0 fully saturated rings. The molecule has 198 valence electrons. The second-order valence-electron chi connectivity index (χ2n) is 9.89. The molecule has 1 N–H and O–H groups in total. The molecule has 0 saturated carbocycles. The highest BCUT2D eigenvalue weighted by atomic mass is 19.2. The fourth-order valence-corrected chi connectivity index (χ4v) is 4.64. The van der Waals surface area contributed by atoms with E-state index >= 15 is 0 Å². The molecule has 4 rings (SSSR count). The summed E-state index contributed by atoms with van der Waals surface area (Å²) >= 11 is 0. The summed E-state index contributed by atoms with van der Waals surface area (Å²) in [5.74, 6) is -7.43. The second-order valence-corrected chi connectivity index (χ2v) is 9.89. The highest BCUT2D eigenvalue weighted by molar-refractivity contribution is 6.02. The Morgan fingerprint density at radius 3 is 2.38 bits per heavy atom. The maximum Gasteiger partial charge on any atom is 0.335 e. The van der Waals surface area contributed by atoms with E-state index in [1.807, 2.05) is 18.7 Å². The van der Waals surface area contributed by atoms with Crippen molar-refractivity contribution in [3.63, 3.8) is 0 Å². The van der Waals surface area contributed by atoms with Gasteiger partial charge in [0.25, 0.3) is 0 Å². The average Bonchev–Trinajstić information content (AvgIpc) is 3.45. The Bertz CT molecular complexity index is 1370. The van der Waals surface area contributed by atoms with Crippen LogP contribution < -0.4 is 0 Å². The van der Waals surface area contributed by atoms with Gasteiger partial charge in [0.05, 0.1) is 16.8 Å². The van der Waals surface area contributed by atoms with Gasteiger partial charge in [-0.25, -0.2) is 22.4 Å². The van der Waals surface area contributed by atoms with Gasteiger partial charge in [0.15, 0.2) is 23.3 Å². The predicted octanol–water partition coefficient (Wildman–Crippen LogP) is 6.27. The molecule has 0 saturated heterocycles. The minimum absolute atomic E-state index is 0.183. The molecule has 1 atom stereocenters. The highest BCUT2D eigenvalue weighted by Gasteiger charge is 2.35. The molecule has 0 aliphatic carbocycles. The van der Waals surface area contributed by atoms with Crippen LogP contribution in [0.4, 0.5) is 17.6 Å². The van der Waals surface area contributed by atoms with Gasteiger partial charge in [-0.3, -0.25) is 4.90 Å². The van der Waals surface area contributed by atoms with Crippen molar-refractivity contribution in [3.05, 3.63) is 70.4 Å². The van der Waals surface area contributed by atoms with Crippen molar-refractivity contribution in [3.8, 4) is 0 Å². The highest BCUT2D eigenvalue weighted by Crippen LogP contribution is 2.34. The Balaban J connectivity index is 1.50. The number of nitrogens with zero attached hydrogens (tertiary/aromatic N) is 3. The molecule has 2 heterocycles. The zero-order valence-corrected chi connectivity index (χ0v) is 21.1. The smallest absolute Gasteiger partial charge is 0.335 e. The number of carbonyl (C=O) groups is 1. The Morgan fingerprint density at radius 1 is 1.14 bits per heavy atom. The quantitative estimate of drug-likeness (QED) is 0.206. The van der Waals surface area contributed by atoms with E-state index in [4.69, 9.17) is 9.94 Å². The van der Waals surface area contributed by atoms with Gasteiger partial charge in [0.1, 0.15) is 5.60 Å². The third-order valence-corrected chi connectivity index (χ3v) is 6.85. The number of aromatic carboxylic acids is 1. The molecule has 2 aromatic carbocycles. The Kier molecular flexibility index (Phi) is 7.32. The number of carboxylic acid groups (broad SMARTS) is 1. The molecular weight excluding hydrogens is 490 g/mol. The van der Waals surface area contributed by atoms with E-state index in [1.54, 1.807) is 32.2 Å². The van der Waals surface area contributed by atoms with Crippen molar-refractivity contribution in [2.24, 2.45) is 5.16 Å². The van der Waals surface area contributed by atoms with E-state index in [-0.39, 0.29) is 29.1 Å². The monoisotopic (exact) mass is 519 g/mol. The van der Waals surface area contributed by atoms with Gasteiger partial charge in [-0.1, -0.05) is 24.2 Å². The van der Waals surface area contributed by atoms with Crippen molar-refractivity contribution in [2.75, 3.05) is 13.1 Å². The van der Waals surface area contributed by atoms with Crippen LogP contribution in [0.3, 0.4) is 0 Å². The van der Waals surface area contributed by atoms with Crippen LogP contribution in [0.15, 0.2) is 35.6 Å². The summed E-state index contributed by atoms with van der Waals surface area (Å²) < 4.78 is 59.0. The first-order valence-electron chi connectivity index (χ1n) is 12.1. The number of hydrogen-bond acceptors (Lipinski definition) is 4. The minimum Gasteiger partial charge on any atom is -0.478 e. The molecule has 1 aromatic heterocycles. The number of benzene rings is 2. The van der Waals surface area contributed by atoms with Gasteiger partial charge in [0.2, 0.25) is 0 Å². The lowest BCUT2D eigenvalue weighted by Crippen LogP contribution is -2.33. The van der Waals surface area contributed by atoms with E-state index in [0.717, 1.165) is 5.56 Å². The molecule has 3 aromatic rings. The first-order chi connectivity index (χ1) is 17.5. The van der Waals surface area contributed by atoms with Crippen LogP contribution in [0.5, 0.6) is 0 Å². The van der Waals surface area contributed by atoms with Crippen molar-refractivity contribution in [1.29, 1.82) is 0 Å². The van der Waals surface area contributed by atoms with E-state index < -0.39 is 34.8 Å². The largest absolute Gasteiger partial charge is 0.478 e. The Hall–Kier alpha value is -3.40. The first kappa shape index (κ1) is 26.7. The van der Waals surface area contributed by atoms with Crippen LogP contribution in [0.25, 0.3) is 10.9 Å². The van der Waals surface area contributed by atoms with E-state index in [9.17, 15) is 22.4 Å². The third-order valence-electron chi connectivity index (χ3n) is 6.85. The van der Waals surface area contributed by atoms with Crippen LogP contribution >= 0.6 is 0 Å². The summed E-state index contributed by atoms with van der Waals surface area (Å²) in [7, 11) is 0. The van der Waals surface area contributed by atoms with Gasteiger partial charge < -0.3 is 14.5 Å². The average molecular weight is 520 g/mol. The number of oxime groups is 1. The lowest BCUT2D eigenvalue weighted by molar-refractivity contribution is -0.0164. The standard InChI is InChI=1S/C27H29F4N3O3/c1-5-33(11-10-27(4)12-19(32-37-27)16-6-8-17(9-7-16)26(35)36)13-18-14-34(15(2)3)25-20(18)21(28)22(29)23(30)24(25)31/h6-9,14-15H,5,10-13H2,1-4H3,(H,35,36). The number of carboxylic acids is 1. The summed E-state index contributed by atoms with van der Waals surface area (Å²) in [6, 6.07) is 6.11.